The zero-order chi connectivity index (χ0) is 16.4. The Bertz CT molecular complexity index is 762. The fraction of sp³-hybridized carbons (Fsp3) is 0.125. The first-order valence-electron chi connectivity index (χ1n) is 6.96. The van der Waals surface area contributed by atoms with Crippen LogP contribution in [0, 0.1) is 11.6 Å². The highest BCUT2D eigenvalue weighted by atomic mass is 19.2. The molecule has 2 N–H and O–H groups in total. The summed E-state index contributed by atoms with van der Waals surface area (Å²) in [7, 11) is 0. The van der Waals surface area contributed by atoms with Gasteiger partial charge in [0.1, 0.15) is 0 Å². The zero-order valence-electron chi connectivity index (χ0n) is 12.0. The van der Waals surface area contributed by atoms with Gasteiger partial charge in [-0.15, -0.1) is 0 Å². The SMILES string of the molecule is O=C(Nc1ccc(F)c(F)c1)c1ccc(N2CCNC2=O)cc1. The molecule has 1 fully saturated rings. The van der Waals surface area contributed by atoms with E-state index < -0.39 is 17.5 Å². The van der Waals surface area contributed by atoms with Gasteiger partial charge in [-0.05, 0) is 36.4 Å². The normalized spacial score (nSPS) is 13.8. The summed E-state index contributed by atoms with van der Waals surface area (Å²) in [4.78, 5) is 25.2. The minimum Gasteiger partial charge on any atom is -0.336 e. The third-order valence-electron chi connectivity index (χ3n) is 3.48. The Morgan fingerprint density at radius 1 is 1.09 bits per heavy atom. The van der Waals surface area contributed by atoms with Crippen LogP contribution in [0.4, 0.5) is 25.0 Å². The molecule has 2 aromatic rings. The molecule has 1 aliphatic heterocycles. The number of hydrogen-bond acceptors (Lipinski definition) is 2. The molecule has 7 heteroatoms. The average Bonchev–Trinajstić information content (AvgIpc) is 2.97. The van der Waals surface area contributed by atoms with E-state index >= 15 is 0 Å². The molecule has 118 valence electrons. The van der Waals surface area contributed by atoms with Crippen LogP contribution in [0.2, 0.25) is 0 Å². The van der Waals surface area contributed by atoms with Gasteiger partial charge >= 0.3 is 6.03 Å². The third-order valence-corrected chi connectivity index (χ3v) is 3.48. The molecule has 0 bridgehead atoms. The van der Waals surface area contributed by atoms with Crippen molar-refractivity contribution in [1.82, 2.24) is 5.32 Å². The number of rotatable bonds is 3. The Labute approximate surface area is 130 Å². The van der Waals surface area contributed by atoms with Crippen molar-refractivity contribution in [2.45, 2.75) is 0 Å². The molecule has 0 aliphatic carbocycles. The summed E-state index contributed by atoms with van der Waals surface area (Å²) < 4.78 is 26.0. The second-order valence-electron chi connectivity index (χ2n) is 5.01. The molecule has 3 amide bonds. The highest BCUT2D eigenvalue weighted by Gasteiger charge is 2.21. The van der Waals surface area contributed by atoms with E-state index in [1.165, 1.54) is 6.07 Å². The van der Waals surface area contributed by atoms with E-state index in [1.54, 1.807) is 29.2 Å². The molecule has 0 unspecified atom stereocenters. The number of nitrogens with one attached hydrogen (secondary N) is 2. The summed E-state index contributed by atoms with van der Waals surface area (Å²) in [6, 6.07) is 9.40. The number of urea groups is 1. The van der Waals surface area contributed by atoms with Gasteiger partial charge in [-0.25, -0.2) is 13.6 Å². The molecule has 1 aliphatic rings. The Morgan fingerprint density at radius 2 is 1.83 bits per heavy atom. The lowest BCUT2D eigenvalue weighted by Crippen LogP contribution is -2.27. The fourth-order valence-corrected chi connectivity index (χ4v) is 2.29. The predicted molar refractivity (Wildman–Crippen MR) is 81.5 cm³/mol. The fourth-order valence-electron chi connectivity index (χ4n) is 2.29. The zero-order valence-corrected chi connectivity index (χ0v) is 12.0. The topological polar surface area (TPSA) is 61.4 Å². The van der Waals surface area contributed by atoms with Crippen molar-refractivity contribution >= 4 is 23.3 Å². The van der Waals surface area contributed by atoms with Gasteiger partial charge in [0.25, 0.3) is 5.91 Å². The van der Waals surface area contributed by atoms with Gasteiger partial charge in [-0.3, -0.25) is 9.69 Å². The molecule has 5 nitrogen and oxygen atoms in total. The van der Waals surface area contributed by atoms with Gasteiger partial charge in [0.2, 0.25) is 0 Å². The predicted octanol–water partition coefficient (Wildman–Crippen LogP) is 2.75. The van der Waals surface area contributed by atoms with Crippen LogP contribution < -0.4 is 15.5 Å². The highest BCUT2D eigenvalue weighted by Crippen LogP contribution is 2.19. The average molecular weight is 317 g/mol. The second-order valence-corrected chi connectivity index (χ2v) is 5.01. The van der Waals surface area contributed by atoms with Crippen molar-refractivity contribution in [1.29, 1.82) is 0 Å². The van der Waals surface area contributed by atoms with Gasteiger partial charge in [-0.1, -0.05) is 0 Å². The molecule has 0 aromatic heterocycles. The molecular weight excluding hydrogens is 304 g/mol. The second kappa shape index (κ2) is 6.04. The summed E-state index contributed by atoms with van der Waals surface area (Å²) in [6.07, 6.45) is 0. The number of carbonyl (C=O) groups is 2. The summed E-state index contributed by atoms with van der Waals surface area (Å²) >= 11 is 0. The first-order chi connectivity index (χ1) is 11.0. The maximum atomic E-state index is 13.1. The molecule has 0 atom stereocenters. The quantitative estimate of drug-likeness (QED) is 0.914. The highest BCUT2D eigenvalue weighted by molar-refractivity contribution is 6.04. The Hall–Kier alpha value is -2.96. The van der Waals surface area contributed by atoms with Gasteiger partial charge in [-0.2, -0.15) is 0 Å². The van der Waals surface area contributed by atoms with E-state index in [0.717, 1.165) is 12.1 Å². The summed E-state index contributed by atoms with van der Waals surface area (Å²) in [6.45, 7) is 1.15. The molecule has 0 spiro atoms. The van der Waals surface area contributed by atoms with Crippen molar-refractivity contribution in [3.8, 4) is 0 Å². The maximum absolute atomic E-state index is 13.1. The van der Waals surface area contributed by atoms with Crippen molar-refractivity contribution < 1.29 is 18.4 Å². The van der Waals surface area contributed by atoms with E-state index in [1.807, 2.05) is 0 Å². The molecule has 0 radical (unpaired) electrons. The van der Waals surface area contributed by atoms with Crippen molar-refractivity contribution in [2.24, 2.45) is 0 Å². The first kappa shape index (κ1) is 15.0. The van der Waals surface area contributed by atoms with Crippen molar-refractivity contribution in [3.63, 3.8) is 0 Å². The number of hydrogen-bond donors (Lipinski definition) is 2. The number of nitrogens with zero attached hydrogens (tertiary/aromatic N) is 1. The summed E-state index contributed by atoms with van der Waals surface area (Å²) in [5, 5.41) is 5.18. The summed E-state index contributed by atoms with van der Waals surface area (Å²) in [5.41, 5.74) is 1.19. The number of anilines is 2. The molecule has 23 heavy (non-hydrogen) atoms. The number of benzene rings is 2. The Balaban J connectivity index is 1.72. The molecule has 1 saturated heterocycles. The maximum Gasteiger partial charge on any atom is 0.321 e. The van der Waals surface area contributed by atoms with Crippen LogP contribution in [-0.2, 0) is 0 Å². The number of carbonyl (C=O) groups excluding carboxylic acids is 2. The van der Waals surface area contributed by atoms with Gasteiger partial charge in [0.15, 0.2) is 11.6 Å². The van der Waals surface area contributed by atoms with E-state index in [9.17, 15) is 18.4 Å². The van der Waals surface area contributed by atoms with Crippen LogP contribution >= 0.6 is 0 Å². The lowest BCUT2D eigenvalue weighted by Gasteiger charge is -2.14. The van der Waals surface area contributed by atoms with Gasteiger partial charge < -0.3 is 10.6 Å². The van der Waals surface area contributed by atoms with E-state index in [0.29, 0.717) is 24.3 Å². The molecule has 1 heterocycles. The monoisotopic (exact) mass is 317 g/mol. The molecule has 0 saturated carbocycles. The van der Waals surface area contributed by atoms with Crippen LogP contribution in [0.1, 0.15) is 10.4 Å². The molecular formula is C16H13F2N3O2. The Morgan fingerprint density at radius 3 is 2.43 bits per heavy atom. The van der Waals surface area contributed by atoms with E-state index in [-0.39, 0.29) is 11.7 Å². The van der Waals surface area contributed by atoms with Gasteiger partial charge in [0, 0.05) is 36.1 Å². The lowest BCUT2D eigenvalue weighted by atomic mass is 10.1. The van der Waals surface area contributed by atoms with E-state index in [2.05, 4.69) is 10.6 Å². The minimum absolute atomic E-state index is 0.164. The number of amides is 3. The van der Waals surface area contributed by atoms with Crippen LogP contribution in [-0.4, -0.2) is 25.0 Å². The van der Waals surface area contributed by atoms with Gasteiger partial charge in [0.05, 0.1) is 0 Å². The standard InChI is InChI=1S/C16H13F2N3O2/c17-13-6-3-11(9-14(13)18)20-15(22)10-1-4-12(5-2-10)21-8-7-19-16(21)23/h1-6,9H,7-8H2,(H,19,23)(H,20,22). The van der Waals surface area contributed by atoms with Crippen LogP contribution in [0.3, 0.4) is 0 Å². The van der Waals surface area contributed by atoms with Crippen LogP contribution in [0.5, 0.6) is 0 Å². The van der Waals surface area contributed by atoms with Crippen LogP contribution in [0.25, 0.3) is 0 Å². The van der Waals surface area contributed by atoms with Crippen molar-refractivity contribution in [3.05, 3.63) is 59.7 Å². The van der Waals surface area contributed by atoms with Crippen molar-refractivity contribution in [2.75, 3.05) is 23.3 Å². The molecule has 2 aromatic carbocycles. The smallest absolute Gasteiger partial charge is 0.321 e. The van der Waals surface area contributed by atoms with Crippen LogP contribution in [0.15, 0.2) is 42.5 Å². The summed E-state index contributed by atoms with van der Waals surface area (Å²) in [5.74, 6) is -2.46. The third kappa shape index (κ3) is 3.13. The lowest BCUT2D eigenvalue weighted by molar-refractivity contribution is 0.102. The molecule has 3 rings (SSSR count). The first-order valence-corrected chi connectivity index (χ1v) is 6.96. The van der Waals surface area contributed by atoms with E-state index in [4.69, 9.17) is 0 Å². The largest absolute Gasteiger partial charge is 0.336 e. The number of halogens is 2. The Kier molecular flexibility index (Phi) is 3.92. The minimum atomic E-state index is -1.03.